The van der Waals surface area contributed by atoms with E-state index >= 15 is 0 Å². The molecule has 0 fully saturated rings. The molecule has 1 amide bonds. The molecule has 222 valence electrons. The van der Waals surface area contributed by atoms with E-state index in [9.17, 15) is 14.7 Å². The minimum absolute atomic E-state index is 0.185. The number of hydrogen-bond donors (Lipinski definition) is 3. The van der Waals surface area contributed by atoms with Gasteiger partial charge in [-0.05, 0) is 73.1 Å². The lowest BCUT2D eigenvalue weighted by Crippen LogP contribution is -2.36. The fraction of sp³-hybridized carbons (Fsp3) is 0.286. The van der Waals surface area contributed by atoms with Crippen LogP contribution in [-0.4, -0.2) is 34.6 Å². The van der Waals surface area contributed by atoms with Gasteiger partial charge >= 0.3 is 5.97 Å². The van der Waals surface area contributed by atoms with Gasteiger partial charge < -0.3 is 25.2 Å². The molecule has 3 N–H and O–H groups in total. The number of rotatable bonds is 5. The summed E-state index contributed by atoms with van der Waals surface area (Å²) < 4.78 is 12.6. The van der Waals surface area contributed by atoms with Crippen molar-refractivity contribution in [3.05, 3.63) is 113 Å². The van der Waals surface area contributed by atoms with Gasteiger partial charge in [0.15, 0.2) is 0 Å². The maximum Gasteiger partial charge on any atom is 0.320 e. The molecule has 0 spiro atoms. The van der Waals surface area contributed by atoms with Crippen molar-refractivity contribution >= 4 is 11.9 Å². The first-order chi connectivity index (χ1) is 20.9. The van der Waals surface area contributed by atoms with E-state index in [0.29, 0.717) is 56.0 Å². The largest absolute Gasteiger partial charge is 0.488 e. The van der Waals surface area contributed by atoms with Gasteiger partial charge in [-0.2, -0.15) is 0 Å². The first kappa shape index (κ1) is 29.8. The predicted octanol–water partition coefficient (Wildman–Crippen LogP) is 5.98. The number of carbonyl (C=O) groups is 2. The average Bonchev–Trinajstić information content (AvgIpc) is 3.01. The second-order valence-corrected chi connectivity index (χ2v) is 10.9. The van der Waals surface area contributed by atoms with Gasteiger partial charge in [0.25, 0.3) is 5.91 Å². The number of nitrogens with one attached hydrogen (secondary N) is 2. The minimum atomic E-state index is -0.904. The van der Waals surface area contributed by atoms with E-state index < -0.39 is 12.0 Å². The fourth-order valence-corrected chi connectivity index (χ4v) is 5.26. The monoisotopic (exact) mass is 579 g/mol. The number of benzene rings is 3. The van der Waals surface area contributed by atoms with Crippen molar-refractivity contribution in [2.75, 3.05) is 6.54 Å². The van der Waals surface area contributed by atoms with Crippen LogP contribution in [0.2, 0.25) is 0 Å². The van der Waals surface area contributed by atoms with Crippen LogP contribution in [0.5, 0.6) is 11.5 Å². The number of hydrogen-bond acceptors (Lipinski definition) is 6. The Labute approximate surface area is 252 Å². The maximum absolute atomic E-state index is 12.6. The number of pyridine rings is 1. The predicted molar refractivity (Wildman–Crippen MR) is 165 cm³/mol. The van der Waals surface area contributed by atoms with Crippen LogP contribution < -0.4 is 20.1 Å². The fourth-order valence-electron chi connectivity index (χ4n) is 5.26. The van der Waals surface area contributed by atoms with Gasteiger partial charge in [-0.25, -0.2) is 0 Å². The third kappa shape index (κ3) is 7.59. The summed E-state index contributed by atoms with van der Waals surface area (Å²) in [5.41, 5.74) is 7.52. The highest BCUT2D eigenvalue weighted by molar-refractivity contribution is 5.94. The normalized spacial score (nSPS) is 16.0. The number of ether oxygens (including phenoxy) is 2. The van der Waals surface area contributed by atoms with Gasteiger partial charge in [0.05, 0.1) is 5.56 Å². The number of carbonyl (C=O) groups excluding carboxylic acids is 1. The van der Waals surface area contributed by atoms with Gasteiger partial charge in [0.1, 0.15) is 30.8 Å². The van der Waals surface area contributed by atoms with Crippen LogP contribution in [0.3, 0.4) is 0 Å². The van der Waals surface area contributed by atoms with E-state index in [1.807, 2.05) is 43.3 Å². The highest BCUT2D eigenvalue weighted by atomic mass is 16.5. The lowest BCUT2D eigenvalue weighted by molar-refractivity contribution is -0.139. The summed E-state index contributed by atoms with van der Waals surface area (Å²) in [6, 6.07) is 21.4. The number of fused-ring (bicyclic) bond motifs is 3. The topological polar surface area (TPSA) is 110 Å². The Morgan fingerprint density at radius 3 is 2.67 bits per heavy atom. The molecule has 1 aliphatic rings. The molecule has 1 atom stereocenters. The Hall–Kier alpha value is -4.69. The summed E-state index contributed by atoms with van der Waals surface area (Å²) in [5, 5.41) is 15.9. The zero-order valence-corrected chi connectivity index (χ0v) is 24.6. The van der Waals surface area contributed by atoms with Crippen molar-refractivity contribution in [1.82, 2.24) is 15.6 Å². The number of amides is 1. The lowest BCUT2D eigenvalue weighted by Gasteiger charge is -2.20. The molecule has 2 heterocycles. The smallest absolute Gasteiger partial charge is 0.320 e. The quantitative estimate of drug-likeness (QED) is 0.267. The Morgan fingerprint density at radius 1 is 1.02 bits per heavy atom. The zero-order chi connectivity index (χ0) is 30.2. The van der Waals surface area contributed by atoms with Gasteiger partial charge in [-0.3, -0.25) is 14.6 Å². The number of aryl methyl sites for hydroxylation is 1. The molecule has 0 aliphatic carbocycles. The molecule has 5 rings (SSSR count). The van der Waals surface area contributed by atoms with Crippen molar-refractivity contribution in [2.45, 2.75) is 58.9 Å². The van der Waals surface area contributed by atoms with E-state index in [2.05, 4.69) is 46.8 Å². The molecule has 3 aromatic carbocycles. The number of aromatic nitrogens is 1. The van der Waals surface area contributed by atoms with E-state index in [1.54, 1.807) is 12.3 Å². The Morgan fingerprint density at radius 2 is 1.86 bits per heavy atom. The second-order valence-electron chi connectivity index (χ2n) is 10.9. The van der Waals surface area contributed by atoms with Crippen molar-refractivity contribution in [2.24, 2.45) is 0 Å². The Kier molecular flexibility index (Phi) is 9.69. The lowest BCUT2D eigenvalue weighted by atomic mass is 9.97. The van der Waals surface area contributed by atoms with E-state index in [4.69, 9.17) is 9.47 Å². The summed E-state index contributed by atoms with van der Waals surface area (Å²) in [7, 11) is 0. The maximum atomic E-state index is 12.6. The van der Waals surface area contributed by atoms with Crippen LogP contribution >= 0.6 is 0 Å². The summed E-state index contributed by atoms with van der Waals surface area (Å²) in [5.74, 6) is 0.138. The Balaban J connectivity index is 1.41. The molecule has 0 radical (unpaired) electrons. The molecule has 0 saturated heterocycles. The third-order valence-corrected chi connectivity index (χ3v) is 7.77. The molecule has 1 aliphatic heterocycles. The summed E-state index contributed by atoms with van der Waals surface area (Å²) in [4.78, 5) is 28.8. The van der Waals surface area contributed by atoms with Crippen molar-refractivity contribution < 1.29 is 24.2 Å². The first-order valence-corrected chi connectivity index (χ1v) is 14.6. The summed E-state index contributed by atoms with van der Waals surface area (Å²) >= 11 is 0. The van der Waals surface area contributed by atoms with Crippen LogP contribution in [-0.2, 0) is 24.6 Å². The molecule has 43 heavy (non-hydrogen) atoms. The van der Waals surface area contributed by atoms with E-state index in [-0.39, 0.29) is 12.5 Å². The zero-order valence-electron chi connectivity index (χ0n) is 24.6. The van der Waals surface area contributed by atoms with Gasteiger partial charge in [-0.15, -0.1) is 0 Å². The standard InChI is InChI=1S/C35H37N3O5/c1-23-15-28-20-38-31(35(40)41)13-6-7-14-37-34(39)29-16-25(18-36-19-29)21-42-33(28)17-32(23)43-22-27-11-8-12-30(24(27)2)26-9-4-3-5-10-26/h3-5,8-12,15-19,31,38H,6-7,13-14,20-22H2,1-2H3,(H,37,39)(H,40,41)/t31-/m0/s1. The number of nitrogens with zero attached hydrogens (tertiary/aromatic N) is 1. The van der Waals surface area contributed by atoms with Crippen LogP contribution in [0.1, 0.15) is 57.4 Å². The minimum Gasteiger partial charge on any atom is -0.488 e. The molecule has 2 bridgehead atoms. The van der Waals surface area contributed by atoms with Crippen LogP contribution in [0.25, 0.3) is 11.1 Å². The van der Waals surface area contributed by atoms with Crippen LogP contribution in [0.4, 0.5) is 0 Å². The second kappa shape index (κ2) is 14.0. The highest BCUT2D eigenvalue weighted by Crippen LogP contribution is 2.32. The SMILES string of the molecule is Cc1cc2c(cc1OCc1cccc(-c3ccccc3)c1C)OCc1cncc(c1)C(=O)NCCCC[C@@H](C(=O)O)NC2. The van der Waals surface area contributed by atoms with E-state index in [0.717, 1.165) is 33.4 Å². The van der Waals surface area contributed by atoms with Gasteiger partial charge in [0.2, 0.25) is 0 Å². The summed E-state index contributed by atoms with van der Waals surface area (Å²) in [6.45, 7) is 5.43. The molecular formula is C35H37N3O5. The average molecular weight is 580 g/mol. The number of carboxylic acids is 1. The number of carboxylic acid groups (broad SMARTS) is 1. The third-order valence-electron chi connectivity index (χ3n) is 7.77. The van der Waals surface area contributed by atoms with Crippen molar-refractivity contribution in [3.8, 4) is 22.6 Å². The molecule has 0 unspecified atom stereocenters. The van der Waals surface area contributed by atoms with Crippen LogP contribution in [0, 0.1) is 13.8 Å². The summed E-state index contributed by atoms with van der Waals surface area (Å²) in [6.07, 6.45) is 4.98. The van der Waals surface area contributed by atoms with Crippen LogP contribution in [0.15, 0.2) is 79.1 Å². The Bertz CT molecular complexity index is 1590. The van der Waals surface area contributed by atoms with Crippen molar-refractivity contribution in [3.63, 3.8) is 0 Å². The molecule has 1 aromatic heterocycles. The first-order valence-electron chi connectivity index (χ1n) is 14.6. The molecule has 0 saturated carbocycles. The number of aliphatic carboxylic acids is 1. The van der Waals surface area contributed by atoms with E-state index in [1.165, 1.54) is 11.8 Å². The highest BCUT2D eigenvalue weighted by Gasteiger charge is 2.19. The molecule has 4 aromatic rings. The van der Waals surface area contributed by atoms with Gasteiger partial charge in [0, 0.05) is 42.7 Å². The molecule has 8 heteroatoms. The molecular weight excluding hydrogens is 542 g/mol. The van der Waals surface area contributed by atoms with Gasteiger partial charge in [-0.1, -0.05) is 48.5 Å². The van der Waals surface area contributed by atoms with Crippen molar-refractivity contribution in [1.29, 1.82) is 0 Å². The molecule has 8 nitrogen and oxygen atoms in total.